The van der Waals surface area contributed by atoms with E-state index in [4.69, 9.17) is 0 Å². The topological polar surface area (TPSA) is 29.5 Å². The van der Waals surface area contributed by atoms with Crippen molar-refractivity contribution in [2.45, 2.75) is 71.6 Å². The molecular weight excluding hydrogens is 293 g/mol. The molecule has 0 aromatic rings. The van der Waals surface area contributed by atoms with Gasteiger partial charge in [0.1, 0.15) is 6.10 Å². The molecular formula is C17H27F3O2. The third-order valence-electron chi connectivity index (χ3n) is 7.53. The fourth-order valence-electron chi connectivity index (χ4n) is 6.08. The molecule has 2 unspecified atom stereocenters. The van der Waals surface area contributed by atoms with E-state index in [0.717, 1.165) is 25.7 Å². The number of halogens is 3. The van der Waals surface area contributed by atoms with Gasteiger partial charge in [-0.1, -0.05) is 13.8 Å². The highest BCUT2D eigenvalue weighted by Gasteiger charge is 2.67. The van der Waals surface area contributed by atoms with Crippen molar-refractivity contribution in [1.82, 2.24) is 0 Å². The molecule has 0 saturated heterocycles. The van der Waals surface area contributed by atoms with E-state index in [2.05, 4.69) is 4.89 Å². The van der Waals surface area contributed by atoms with Gasteiger partial charge in [0.25, 0.3) is 0 Å². The molecule has 0 aromatic carbocycles. The van der Waals surface area contributed by atoms with E-state index in [1.807, 2.05) is 6.92 Å². The van der Waals surface area contributed by atoms with Crippen LogP contribution < -0.4 is 0 Å². The predicted octanol–water partition coefficient (Wildman–Crippen LogP) is 5.29. The minimum Gasteiger partial charge on any atom is -0.251 e. The largest absolute Gasteiger partial charge is 0.396 e. The van der Waals surface area contributed by atoms with Crippen molar-refractivity contribution in [3.63, 3.8) is 0 Å². The van der Waals surface area contributed by atoms with Crippen LogP contribution in [0.2, 0.25) is 0 Å². The maximum Gasteiger partial charge on any atom is 0.396 e. The Bertz CT molecular complexity index is 406. The lowest BCUT2D eigenvalue weighted by Crippen LogP contribution is -2.63. The molecule has 128 valence electrons. The van der Waals surface area contributed by atoms with Crippen molar-refractivity contribution in [2.24, 2.45) is 34.5 Å². The molecule has 1 N–H and O–H groups in total. The molecule has 2 atom stereocenters. The Morgan fingerprint density at radius 2 is 1.55 bits per heavy atom. The van der Waals surface area contributed by atoms with Gasteiger partial charge in [-0.3, -0.25) is 5.26 Å². The second-order valence-corrected chi connectivity index (χ2v) is 8.42. The van der Waals surface area contributed by atoms with Gasteiger partial charge in [-0.25, -0.2) is 4.89 Å². The zero-order valence-electron chi connectivity index (χ0n) is 13.6. The zero-order chi connectivity index (χ0) is 16.3. The smallest absolute Gasteiger partial charge is 0.251 e. The number of alkyl halides is 3. The molecule has 0 spiro atoms. The normalized spacial score (nSPS) is 44.9. The molecule has 4 aliphatic carbocycles. The summed E-state index contributed by atoms with van der Waals surface area (Å²) in [6.07, 6.45) is -0.390. The first-order valence-corrected chi connectivity index (χ1v) is 8.53. The number of hydrogen-bond acceptors (Lipinski definition) is 2. The molecule has 4 bridgehead atoms. The molecule has 0 amide bonds. The third-order valence-corrected chi connectivity index (χ3v) is 7.53. The monoisotopic (exact) mass is 320 g/mol. The lowest BCUT2D eigenvalue weighted by Gasteiger charge is -2.63. The Kier molecular flexibility index (Phi) is 3.84. The molecule has 5 heteroatoms. The van der Waals surface area contributed by atoms with Crippen LogP contribution in [-0.2, 0) is 4.89 Å². The van der Waals surface area contributed by atoms with E-state index in [-0.39, 0.29) is 18.3 Å². The fourth-order valence-corrected chi connectivity index (χ4v) is 6.08. The Hall–Kier alpha value is -0.290. The van der Waals surface area contributed by atoms with Crippen LogP contribution in [0.5, 0.6) is 0 Å². The summed E-state index contributed by atoms with van der Waals surface area (Å²) in [5, 5.41) is 9.51. The second kappa shape index (κ2) is 5.10. The summed E-state index contributed by atoms with van der Waals surface area (Å²) in [5.74, 6) is 1.84. The van der Waals surface area contributed by atoms with Crippen LogP contribution in [0.4, 0.5) is 13.2 Å². The summed E-state index contributed by atoms with van der Waals surface area (Å²) in [4.78, 5) is 4.64. The summed E-state index contributed by atoms with van der Waals surface area (Å²) in [6, 6.07) is 0. The van der Waals surface area contributed by atoms with E-state index in [1.54, 1.807) is 6.92 Å². The molecule has 0 aromatic heterocycles. The summed E-state index contributed by atoms with van der Waals surface area (Å²) in [5.41, 5.74) is -2.59. The SMILES string of the molecule is CCC(C)(C(OO)C1(C)C2CC3CC(C2)CC1C3)C(F)(F)F. The van der Waals surface area contributed by atoms with Gasteiger partial charge in [-0.15, -0.1) is 0 Å². The maximum absolute atomic E-state index is 13.7. The lowest BCUT2D eigenvalue weighted by atomic mass is 9.42. The first-order valence-electron chi connectivity index (χ1n) is 8.53. The summed E-state index contributed by atoms with van der Waals surface area (Å²) >= 11 is 0. The summed E-state index contributed by atoms with van der Waals surface area (Å²) in [7, 11) is 0. The van der Waals surface area contributed by atoms with E-state index in [0.29, 0.717) is 11.8 Å². The second-order valence-electron chi connectivity index (χ2n) is 8.42. The van der Waals surface area contributed by atoms with E-state index < -0.39 is 23.1 Å². The van der Waals surface area contributed by atoms with Crippen LogP contribution in [-0.4, -0.2) is 17.5 Å². The Morgan fingerprint density at radius 1 is 1.09 bits per heavy atom. The predicted molar refractivity (Wildman–Crippen MR) is 77.1 cm³/mol. The Balaban J connectivity index is 1.99. The third kappa shape index (κ3) is 2.07. The van der Waals surface area contributed by atoms with Crippen molar-refractivity contribution < 1.29 is 23.3 Å². The van der Waals surface area contributed by atoms with Crippen LogP contribution in [0.1, 0.15) is 59.3 Å². The highest BCUT2D eigenvalue weighted by molar-refractivity contribution is 5.10. The first kappa shape index (κ1) is 16.6. The number of rotatable bonds is 4. The molecule has 4 aliphatic rings. The highest BCUT2D eigenvalue weighted by atomic mass is 19.4. The van der Waals surface area contributed by atoms with E-state index >= 15 is 0 Å². The van der Waals surface area contributed by atoms with Crippen molar-refractivity contribution in [2.75, 3.05) is 0 Å². The van der Waals surface area contributed by atoms with Crippen LogP contribution in [0, 0.1) is 34.5 Å². The van der Waals surface area contributed by atoms with Crippen LogP contribution >= 0.6 is 0 Å². The van der Waals surface area contributed by atoms with Crippen molar-refractivity contribution in [3.05, 3.63) is 0 Å². The van der Waals surface area contributed by atoms with E-state index in [1.165, 1.54) is 13.3 Å². The minimum absolute atomic E-state index is 0.0797. The quantitative estimate of drug-likeness (QED) is 0.563. The van der Waals surface area contributed by atoms with Gasteiger partial charge in [0.2, 0.25) is 0 Å². The molecule has 4 fully saturated rings. The average molecular weight is 320 g/mol. The van der Waals surface area contributed by atoms with Gasteiger partial charge in [0.15, 0.2) is 0 Å². The molecule has 22 heavy (non-hydrogen) atoms. The molecule has 0 aliphatic heterocycles. The first-order chi connectivity index (χ1) is 10.2. The van der Waals surface area contributed by atoms with Crippen molar-refractivity contribution in [1.29, 1.82) is 0 Å². The molecule has 4 saturated carbocycles. The molecule has 4 rings (SSSR count). The van der Waals surface area contributed by atoms with Gasteiger partial charge in [0.05, 0.1) is 5.41 Å². The van der Waals surface area contributed by atoms with E-state index in [9.17, 15) is 18.4 Å². The average Bonchev–Trinajstić information content (AvgIpc) is 2.43. The van der Waals surface area contributed by atoms with Gasteiger partial charge in [0, 0.05) is 5.41 Å². The van der Waals surface area contributed by atoms with Crippen molar-refractivity contribution >= 4 is 0 Å². The van der Waals surface area contributed by atoms with Crippen LogP contribution in [0.25, 0.3) is 0 Å². The van der Waals surface area contributed by atoms with Crippen LogP contribution in [0.3, 0.4) is 0 Å². The Morgan fingerprint density at radius 3 is 1.86 bits per heavy atom. The fraction of sp³-hybridized carbons (Fsp3) is 1.00. The van der Waals surface area contributed by atoms with Crippen LogP contribution in [0.15, 0.2) is 0 Å². The zero-order valence-corrected chi connectivity index (χ0v) is 13.6. The van der Waals surface area contributed by atoms with Gasteiger partial charge >= 0.3 is 6.18 Å². The highest BCUT2D eigenvalue weighted by Crippen LogP contribution is 2.66. The van der Waals surface area contributed by atoms with Gasteiger partial charge < -0.3 is 0 Å². The van der Waals surface area contributed by atoms with Crippen molar-refractivity contribution in [3.8, 4) is 0 Å². The Labute approximate surface area is 130 Å². The standard InChI is InChI=1S/C17H27F3O2/c1-4-15(2,17(18,19)20)14(22-21)16(3)12-6-10-5-11(8-12)9-13(16)7-10/h10-14,21H,4-9H2,1-3H3. The molecule has 0 heterocycles. The minimum atomic E-state index is -4.38. The number of hydrogen-bond donors (Lipinski definition) is 1. The summed E-state index contributed by atoms with van der Waals surface area (Å²) in [6.45, 7) is 4.70. The molecule has 0 radical (unpaired) electrons. The summed E-state index contributed by atoms with van der Waals surface area (Å²) < 4.78 is 41.2. The lowest BCUT2D eigenvalue weighted by molar-refractivity contribution is -0.387. The van der Waals surface area contributed by atoms with Gasteiger partial charge in [-0.05, 0) is 69.1 Å². The van der Waals surface area contributed by atoms with Gasteiger partial charge in [-0.2, -0.15) is 13.2 Å². The maximum atomic E-state index is 13.7. The molecule has 2 nitrogen and oxygen atoms in total.